The largest absolute Gasteiger partial charge is 0.288 e. The number of hydrogen-bond donors (Lipinski definition) is 2. The van der Waals surface area contributed by atoms with Gasteiger partial charge in [0, 0.05) is 19.6 Å². The van der Waals surface area contributed by atoms with Crippen molar-refractivity contribution in [3.05, 3.63) is 0 Å². The zero-order valence-corrected chi connectivity index (χ0v) is 15.4. The van der Waals surface area contributed by atoms with E-state index < -0.39 is 0 Å². The summed E-state index contributed by atoms with van der Waals surface area (Å²) in [4.78, 5) is 23.6. The minimum atomic E-state index is -0.155. The number of nitrogens with one attached hydrogen (secondary N) is 2. The maximum absolute atomic E-state index is 12.1. The number of halogens is 1. The van der Waals surface area contributed by atoms with Gasteiger partial charge in [-0.2, -0.15) is 0 Å². The van der Waals surface area contributed by atoms with Crippen LogP contribution in [0.15, 0.2) is 0 Å². The molecule has 0 rings (SSSR count). The van der Waals surface area contributed by atoms with Gasteiger partial charge in [-0.15, -0.1) is 0 Å². The third-order valence-electron chi connectivity index (χ3n) is 2.57. The van der Waals surface area contributed by atoms with E-state index in [0.29, 0.717) is 18.4 Å². The molecule has 6 nitrogen and oxygen atoms in total. The van der Waals surface area contributed by atoms with Crippen molar-refractivity contribution in [2.45, 2.75) is 34.6 Å². The first-order valence-electron chi connectivity index (χ1n) is 7.43. The molecule has 124 valence electrons. The summed E-state index contributed by atoms with van der Waals surface area (Å²) >= 11 is 3.11. The Morgan fingerprint density at radius 1 is 0.952 bits per heavy atom. The van der Waals surface area contributed by atoms with Crippen molar-refractivity contribution >= 4 is 27.7 Å². The number of hydrazine groups is 2. The third-order valence-corrected chi connectivity index (χ3v) is 3.08. The highest BCUT2D eigenvalue weighted by Gasteiger charge is 2.16. The second-order valence-electron chi connectivity index (χ2n) is 5.91. The molecule has 21 heavy (non-hydrogen) atoms. The van der Waals surface area contributed by atoms with Crippen LogP contribution in [0.4, 0.5) is 0 Å². The SMILES string of the molecule is CCN(CC(C)C)NC(=O)CN(CC(C)C)NC(=O)CBr. The molecule has 2 amide bonds. The van der Waals surface area contributed by atoms with E-state index in [1.807, 2.05) is 25.8 Å². The van der Waals surface area contributed by atoms with E-state index in [-0.39, 0.29) is 23.7 Å². The number of rotatable bonds is 10. The van der Waals surface area contributed by atoms with Gasteiger partial charge in [-0.3, -0.25) is 20.4 Å². The van der Waals surface area contributed by atoms with Crippen LogP contribution in [0.2, 0.25) is 0 Å². The Balaban J connectivity index is 4.46. The molecule has 0 aromatic rings. The number of nitrogens with zero attached hydrogens (tertiary/aromatic N) is 2. The third kappa shape index (κ3) is 10.7. The van der Waals surface area contributed by atoms with E-state index in [2.05, 4.69) is 40.6 Å². The van der Waals surface area contributed by atoms with Crippen LogP contribution in [0.1, 0.15) is 34.6 Å². The molecule has 0 aliphatic carbocycles. The smallest absolute Gasteiger partial charge is 0.250 e. The molecule has 0 aromatic heterocycles. The molecule has 7 heteroatoms. The quantitative estimate of drug-likeness (QED) is 0.454. The van der Waals surface area contributed by atoms with Crippen LogP contribution in [0.3, 0.4) is 0 Å². The van der Waals surface area contributed by atoms with Crippen molar-refractivity contribution < 1.29 is 9.59 Å². The van der Waals surface area contributed by atoms with Crippen LogP contribution in [-0.4, -0.2) is 53.3 Å². The maximum Gasteiger partial charge on any atom is 0.250 e. The summed E-state index contributed by atoms with van der Waals surface area (Å²) in [5.74, 6) is 0.558. The Kier molecular flexibility index (Phi) is 10.6. The minimum absolute atomic E-state index is 0.118. The molecule has 2 N–H and O–H groups in total. The van der Waals surface area contributed by atoms with E-state index in [4.69, 9.17) is 0 Å². The highest BCUT2D eigenvalue weighted by molar-refractivity contribution is 9.09. The summed E-state index contributed by atoms with van der Waals surface area (Å²) in [7, 11) is 0. The monoisotopic (exact) mass is 364 g/mol. The predicted molar refractivity (Wildman–Crippen MR) is 88.6 cm³/mol. The van der Waals surface area contributed by atoms with Crippen LogP contribution in [-0.2, 0) is 9.59 Å². The Bertz CT molecular complexity index is 324. The van der Waals surface area contributed by atoms with Crippen molar-refractivity contribution in [1.82, 2.24) is 20.9 Å². The molecular formula is C14H29BrN4O2. The summed E-state index contributed by atoms with van der Waals surface area (Å²) in [6.45, 7) is 12.6. The average Bonchev–Trinajstić information content (AvgIpc) is 2.36. The van der Waals surface area contributed by atoms with Crippen molar-refractivity contribution in [3.63, 3.8) is 0 Å². The summed E-state index contributed by atoms with van der Waals surface area (Å²) in [5, 5.41) is 3.78. The Morgan fingerprint density at radius 2 is 1.43 bits per heavy atom. The van der Waals surface area contributed by atoms with Gasteiger partial charge in [0.25, 0.3) is 0 Å². The van der Waals surface area contributed by atoms with E-state index in [1.165, 1.54) is 0 Å². The Labute approximate surface area is 136 Å². The van der Waals surface area contributed by atoms with Crippen LogP contribution in [0.5, 0.6) is 0 Å². The molecule has 0 atom stereocenters. The zero-order chi connectivity index (χ0) is 16.4. The summed E-state index contributed by atoms with van der Waals surface area (Å²) in [5.41, 5.74) is 5.61. The van der Waals surface area contributed by atoms with Crippen LogP contribution >= 0.6 is 15.9 Å². The van der Waals surface area contributed by atoms with Gasteiger partial charge in [0.2, 0.25) is 11.8 Å². The number of hydrogen-bond acceptors (Lipinski definition) is 4. The van der Waals surface area contributed by atoms with E-state index in [1.54, 1.807) is 5.01 Å². The standard InChI is InChI=1S/C14H29BrN4O2/c1-6-18(8-11(2)3)17-14(21)10-19(9-12(4)5)16-13(20)7-15/h11-12H,6-10H2,1-5H3,(H,16,20)(H,17,21). The minimum Gasteiger partial charge on any atom is -0.288 e. The predicted octanol–water partition coefficient (Wildman–Crippen LogP) is 1.38. The molecule has 0 aromatic carbocycles. The van der Waals surface area contributed by atoms with Crippen LogP contribution < -0.4 is 10.9 Å². The molecule has 0 aliphatic rings. The lowest BCUT2D eigenvalue weighted by Gasteiger charge is -2.27. The first-order valence-corrected chi connectivity index (χ1v) is 8.55. The molecule has 0 aliphatic heterocycles. The van der Waals surface area contributed by atoms with Crippen LogP contribution in [0.25, 0.3) is 0 Å². The normalized spacial score (nSPS) is 11.5. The second kappa shape index (κ2) is 11.0. The first-order chi connectivity index (χ1) is 9.78. The lowest BCUT2D eigenvalue weighted by molar-refractivity contribution is -0.130. The van der Waals surface area contributed by atoms with Gasteiger partial charge < -0.3 is 0 Å². The van der Waals surface area contributed by atoms with Gasteiger partial charge in [-0.05, 0) is 11.8 Å². The average molecular weight is 365 g/mol. The second-order valence-corrected chi connectivity index (χ2v) is 6.47. The molecular weight excluding hydrogens is 336 g/mol. The van der Waals surface area contributed by atoms with Crippen molar-refractivity contribution in [2.75, 3.05) is 31.5 Å². The van der Waals surface area contributed by atoms with Gasteiger partial charge in [0.1, 0.15) is 0 Å². The summed E-state index contributed by atoms with van der Waals surface area (Å²) in [6, 6.07) is 0. The topological polar surface area (TPSA) is 64.7 Å². The molecule has 0 heterocycles. The number of amides is 2. The highest BCUT2D eigenvalue weighted by atomic mass is 79.9. The molecule has 0 saturated heterocycles. The van der Waals surface area contributed by atoms with E-state index in [9.17, 15) is 9.59 Å². The molecule has 0 saturated carbocycles. The summed E-state index contributed by atoms with van der Waals surface area (Å²) < 4.78 is 0. The molecule has 0 unspecified atom stereocenters. The summed E-state index contributed by atoms with van der Waals surface area (Å²) in [6.07, 6.45) is 0. The fourth-order valence-corrected chi connectivity index (χ4v) is 2.00. The molecule has 0 radical (unpaired) electrons. The van der Waals surface area contributed by atoms with E-state index >= 15 is 0 Å². The molecule has 0 spiro atoms. The van der Waals surface area contributed by atoms with Gasteiger partial charge >= 0.3 is 0 Å². The lowest BCUT2D eigenvalue weighted by Crippen LogP contribution is -2.52. The Hall–Kier alpha value is -0.660. The number of carbonyl (C=O) groups excluding carboxylic acids is 2. The fraction of sp³-hybridized carbons (Fsp3) is 0.857. The van der Waals surface area contributed by atoms with Crippen molar-refractivity contribution in [3.8, 4) is 0 Å². The molecule has 0 bridgehead atoms. The first kappa shape index (κ1) is 20.3. The van der Waals surface area contributed by atoms with Gasteiger partial charge in [0.15, 0.2) is 0 Å². The van der Waals surface area contributed by atoms with Gasteiger partial charge in [0.05, 0.1) is 11.9 Å². The number of carbonyl (C=O) groups is 2. The Morgan fingerprint density at radius 3 is 1.86 bits per heavy atom. The lowest BCUT2D eigenvalue weighted by atomic mass is 10.2. The zero-order valence-electron chi connectivity index (χ0n) is 13.8. The number of alkyl halides is 1. The van der Waals surface area contributed by atoms with Crippen molar-refractivity contribution in [1.29, 1.82) is 0 Å². The maximum atomic E-state index is 12.1. The van der Waals surface area contributed by atoms with Gasteiger partial charge in [-0.1, -0.05) is 50.5 Å². The molecule has 0 fully saturated rings. The van der Waals surface area contributed by atoms with Crippen molar-refractivity contribution in [2.24, 2.45) is 11.8 Å². The van der Waals surface area contributed by atoms with E-state index in [0.717, 1.165) is 13.1 Å². The van der Waals surface area contributed by atoms with Crippen LogP contribution in [0, 0.1) is 11.8 Å². The van der Waals surface area contributed by atoms with Gasteiger partial charge in [-0.25, -0.2) is 10.0 Å². The fourth-order valence-electron chi connectivity index (χ4n) is 1.88. The highest BCUT2D eigenvalue weighted by Crippen LogP contribution is 1.98.